The number of amides is 2. The van der Waals surface area contributed by atoms with E-state index < -0.39 is 30.2 Å². The van der Waals surface area contributed by atoms with Gasteiger partial charge in [0.05, 0.1) is 35.8 Å². The van der Waals surface area contributed by atoms with Gasteiger partial charge >= 0.3 is 6.03 Å². The number of carbonyl (C=O) groups is 1. The van der Waals surface area contributed by atoms with Crippen molar-refractivity contribution in [3.8, 4) is 16.9 Å². The third-order valence-electron chi connectivity index (χ3n) is 7.60. The Hall–Kier alpha value is -4.23. The molecular formula is C30H32FN7O4. The number of anilines is 1. The number of para-hydroxylation sites is 1. The Morgan fingerprint density at radius 1 is 1.21 bits per heavy atom. The number of benzene rings is 1. The molecule has 1 aromatic carbocycles. The highest BCUT2D eigenvalue weighted by Crippen LogP contribution is 2.35. The first-order chi connectivity index (χ1) is 20.4. The van der Waals surface area contributed by atoms with Crippen molar-refractivity contribution in [2.24, 2.45) is 0 Å². The molecule has 3 N–H and O–H groups in total. The topological polar surface area (TPSA) is 127 Å². The van der Waals surface area contributed by atoms with Crippen LogP contribution < -0.4 is 10.6 Å². The van der Waals surface area contributed by atoms with Crippen LogP contribution in [0.2, 0.25) is 0 Å². The molecule has 1 saturated heterocycles. The van der Waals surface area contributed by atoms with Crippen molar-refractivity contribution in [1.29, 1.82) is 0 Å². The molecule has 0 bridgehead atoms. The number of halogens is 1. The van der Waals surface area contributed by atoms with Crippen LogP contribution in [-0.2, 0) is 16.0 Å². The lowest BCUT2D eigenvalue weighted by Crippen LogP contribution is -2.42. The molecule has 0 spiro atoms. The van der Waals surface area contributed by atoms with Crippen LogP contribution in [0.5, 0.6) is 0 Å². The van der Waals surface area contributed by atoms with Crippen molar-refractivity contribution in [3.63, 3.8) is 0 Å². The molecule has 11 nitrogen and oxygen atoms in total. The number of aromatic nitrogens is 4. The summed E-state index contributed by atoms with van der Waals surface area (Å²) in [4.78, 5) is 27.7. The van der Waals surface area contributed by atoms with Crippen LogP contribution in [0.4, 0.5) is 15.0 Å². The van der Waals surface area contributed by atoms with E-state index in [0.717, 1.165) is 28.8 Å². The molecule has 1 aliphatic carbocycles. The second-order valence-electron chi connectivity index (χ2n) is 10.4. The van der Waals surface area contributed by atoms with Crippen LogP contribution in [-0.4, -0.2) is 68.8 Å². The first kappa shape index (κ1) is 27.9. The highest BCUT2D eigenvalue weighted by atomic mass is 19.1. The Morgan fingerprint density at radius 3 is 2.83 bits per heavy atom. The summed E-state index contributed by atoms with van der Waals surface area (Å²) in [6.07, 6.45) is 3.32. The number of carbonyl (C=O) groups excluding carboxylic acids is 1. The summed E-state index contributed by atoms with van der Waals surface area (Å²) in [5, 5.41) is 22.8. The van der Waals surface area contributed by atoms with Gasteiger partial charge in [-0.1, -0.05) is 18.2 Å². The zero-order valence-electron chi connectivity index (χ0n) is 23.3. The molecule has 1 aliphatic heterocycles. The standard InChI is InChI=1S/C30H32FN7O4/c1-18-26(21-14-19-8-9-24(39)27(19)33-16-21)36-38(22-6-4-3-5-7-22)29(18)35-30(40)34-23-17-37(12-13-41-2)42-28(23)20-10-11-32-25(31)15-20/h3-7,10-11,14-16,23-24,28,39H,8-9,12-13,17H2,1-2H3,(H2,34,35,40)/t23-,24?,28+/m1/s1. The Morgan fingerprint density at radius 2 is 2.05 bits per heavy atom. The first-order valence-electron chi connectivity index (χ1n) is 13.8. The number of methoxy groups -OCH3 is 1. The highest BCUT2D eigenvalue weighted by molar-refractivity contribution is 5.91. The van der Waals surface area contributed by atoms with Crippen LogP contribution in [0.25, 0.3) is 16.9 Å². The Balaban J connectivity index is 1.29. The van der Waals surface area contributed by atoms with E-state index in [1.165, 1.54) is 12.3 Å². The average Bonchev–Trinajstić information content (AvgIpc) is 3.67. The number of aliphatic hydroxyl groups is 1. The summed E-state index contributed by atoms with van der Waals surface area (Å²) in [5.74, 6) is -0.129. The van der Waals surface area contributed by atoms with Gasteiger partial charge in [-0.2, -0.15) is 14.6 Å². The molecule has 3 aromatic heterocycles. The van der Waals surface area contributed by atoms with E-state index in [1.54, 1.807) is 29.1 Å². The highest BCUT2D eigenvalue weighted by Gasteiger charge is 2.37. The van der Waals surface area contributed by atoms with E-state index in [1.807, 2.05) is 43.3 Å². The quantitative estimate of drug-likeness (QED) is 0.271. The predicted octanol–water partition coefficient (Wildman–Crippen LogP) is 3.88. The fourth-order valence-corrected chi connectivity index (χ4v) is 5.50. The van der Waals surface area contributed by atoms with Gasteiger partial charge in [0.2, 0.25) is 5.95 Å². The number of ether oxygens (including phenoxy) is 1. The van der Waals surface area contributed by atoms with Gasteiger partial charge in [0, 0.05) is 43.7 Å². The maximum Gasteiger partial charge on any atom is 0.320 e. The van der Waals surface area contributed by atoms with Gasteiger partial charge in [-0.25, -0.2) is 14.5 Å². The van der Waals surface area contributed by atoms with Gasteiger partial charge in [-0.15, -0.1) is 0 Å². The van der Waals surface area contributed by atoms with E-state index in [0.29, 0.717) is 48.9 Å². The van der Waals surface area contributed by atoms with Crippen molar-refractivity contribution in [1.82, 2.24) is 30.1 Å². The van der Waals surface area contributed by atoms with Gasteiger partial charge < -0.3 is 15.2 Å². The number of hydrogen-bond acceptors (Lipinski definition) is 8. The molecule has 12 heteroatoms. The minimum Gasteiger partial charge on any atom is -0.387 e. The molecule has 3 atom stereocenters. The summed E-state index contributed by atoms with van der Waals surface area (Å²) in [6.45, 7) is 3.19. The largest absolute Gasteiger partial charge is 0.387 e. The summed E-state index contributed by atoms with van der Waals surface area (Å²) in [7, 11) is 1.60. The lowest BCUT2D eigenvalue weighted by atomic mass is 10.0. The molecule has 1 unspecified atom stereocenters. The molecular weight excluding hydrogens is 541 g/mol. The normalized spacial score (nSPS) is 20.0. The lowest BCUT2D eigenvalue weighted by Gasteiger charge is -2.19. The summed E-state index contributed by atoms with van der Waals surface area (Å²) >= 11 is 0. The third-order valence-corrected chi connectivity index (χ3v) is 7.60. The van der Waals surface area contributed by atoms with E-state index in [9.17, 15) is 14.3 Å². The summed E-state index contributed by atoms with van der Waals surface area (Å²) in [6, 6.07) is 13.6. The maximum absolute atomic E-state index is 14.0. The maximum atomic E-state index is 14.0. The third kappa shape index (κ3) is 5.61. The number of nitrogens with zero attached hydrogens (tertiary/aromatic N) is 5. The lowest BCUT2D eigenvalue weighted by molar-refractivity contribution is -0.154. The van der Waals surface area contributed by atoms with Crippen LogP contribution >= 0.6 is 0 Å². The van der Waals surface area contributed by atoms with Gasteiger partial charge in [0.15, 0.2) is 0 Å². The van der Waals surface area contributed by atoms with Gasteiger partial charge in [-0.3, -0.25) is 15.1 Å². The molecule has 0 radical (unpaired) electrons. The fraction of sp³-hybridized carbons (Fsp3) is 0.333. The van der Waals surface area contributed by atoms with Gasteiger partial charge in [0.1, 0.15) is 11.9 Å². The van der Waals surface area contributed by atoms with Crippen LogP contribution in [0, 0.1) is 12.9 Å². The van der Waals surface area contributed by atoms with Crippen molar-refractivity contribution in [2.45, 2.75) is 38.0 Å². The van der Waals surface area contributed by atoms with Crippen molar-refractivity contribution in [3.05, 3.63) is 89.3 Å². The number of nitrogens with one attached hydrogen (secondary N) is 2. The number of rotatable bonds is 8. The van der Waals surface area contributed by atoms with E-state index >= 15 is 0 Å². The molecule has 4 heterocycles. The smallest absolute Gasteiger partial charge is 0.320 e. The molecule has 1 fully saturated rings. The average molecular weight is 574 g/mol. The van der Waals surface area contributed by atoms with E-state index in [4.69, 9.17) is 14.7 Å². The summed E-state index contributed by atoms with van der Waals surface area (Å²) < 4.78 is 20.8. The molecule has 4 aromatic rings. The van der Waals surface area contributed by atoms with Crippen LogP contribution in [0.15, 0.2) is 60.9 Å². The number of hydroxylamine groups is 2. The summed E-state index contributed by atoms with van der Waals surface area (Å²) in [5.41, 5.74) is 5.27. The first-order valence-corrected chi connectivity index (χ1v) is 13.8. The molecule has 2 aliphatic rings. The zero-order chi connectivity index (χ0) is 29.2. The number of urea groups is 1. The van der Waals surface area contributed by atoms with Crippen LogP contribution in [0.3, 0.4) is 0 Å². The Kier molecular flexibility index (Phi) is 7.94. The van der Waals surface area contributed by atoms with Gasteiger partial charge in [0.25, 0.3) is 0 Å². The Labute approximate surface area is 242 Å². The molecule has 2 amide bonds. The zero-order valence-corrected chi connectivity index (χ0v) is 23.3. The van der Waals surface area contributed by atoms with Crippen molar-refractivity contribution in [2.75, 3.05) is 32.1 Å². The SMILES string of the molecule is COCCN1C[C@@H](NC(=O)Nc2c(C)c(-c3cnc4c(c3)CCC4O)nn2-c2ccccc2)[C@H](c2ccnc(F)c2)O1. The number of fused-ring (bicyclic) bond motifs is 1. The monoisotopic (exact) mass is 573 g/mol. The van der Waals surface area contributed by atoms with Crippen molar-refractivity contribution >= 4 is 11.8 Å². The Bertz CT molecular complexity index is 1580. The molecule has 6 rings (SSSR count). The second kappa shape index (κ2) is 11.9. The predicted molar refractivity (Wildman–Crippen MR) is 152 cm³/mol. The number of pyridine rings is 2. The fourth-order valence-electron chi connectivity index (χ4n) is 5.50. The van der Waals surface area contributed by atoms with Crippen LogP contribution in [0.1, 0.15) is 41.0 Å². The molecule has 0 saturated carbocycles. The van der Waals surface area contributed by atoms with Crippen molar-refractivity contribution < 1.29 is 23.9 Å². The molecule has 42 heavy (non-hydrogen) atoms. The van der Waals surface area contributed by atoms with E-state index in [2.05, 4.69) is 20.6 Å². The minimum atomic E-state index is -0.625. The number of hydrogen-bond donors (Lipinski definition) is 3. The van der Waals surface area contributed by atoms with Gasteiger partial charge in [-0.05, 0) is 61.2 Å². The second-order valence-corrected chi connectivity index (χ2v) is 10.4. The minimum absolute atomic E-state index is 0.375. The number of aryl methyl sites for hydroxylation is 1. The molecule has 218 valence electrons. The number of aliphatic hydroxyl groups excluding tert-OH is 1. The van der Waals surface area contributed by atoms with E-state index in [-0.39, 0.29) is 0 Å².